The van der Waals surface area contributed by atoms with Gasteiger partial charge in [-0.3, -0.25) is 13.9 Å². The van der Waals surface area contributed by atoms with Crippen LogP contribution in [0.5, 0.6) is 11.5 Å². The van der Waals surface area contributed by atoms with Gasteiger partial charge in [0, 0.05) is 11.8 Å². The highest BCUT2D eigenvalue weighted by molar-refractivity contribution is 7.44. The molecular weight excluding hydrogens is 428 g/mol. The zero-order valence-corrected chi connectivity index (χ0v) is 17.9. The Morgan fingerprint density at radius 1 is 1.13 bits per heavy atom. The third-order valence-electron chi connectivity index (χ3n) is 4.43. The zero-order valence-electron chi connectivity index (χ0n) is 17.0. The Hall–Kier alpha value is -2.71. The lowest BCUT2D eigenvalue weighted by atomic mass is 10.0. The molecule has 0 aliphatic heterocycles. The first-order valence-corrected chi connectivity index (χ1v) is 11.1. The van der Waals surface area contributed by atoms with Crippen LogP contribution >= 0.6 is 7.82 Å². The van der Waals surface area contributed by atoms with E-state index in [0.29, 0.717) is 30.9 Å². The number of halogens is 1. The van der Waals surface area contributed by atoms with Crippen LogP contribution in [-0.4, -0.2) is 22.7 Å². The van der Waals surface area contributed by atoms with E-state index >= 15 is 0 Å². The number of nitrogens with zero attached hydrogens (tertiary/aromatic N) is 1. The van der Waals surface area contributed by atoms with Crippen molar-refractivity contribution in [2.45, 2.75) is 27.0 Å². The van der Waals surface area contributed by atoms with Crippen LogP contribution in [0.25, 0.3) is 22.0 Å². The van der Waals surface area contributed by atoms with Gasteiger partial charge in [-0.05, 0) is 43.2 Å². The van der Waals surface area contributed by atoms with Crippen molar-refractivity contribution in [2.75, 3.05) is 13.2 Å². The number of pyridine rings is 1. The molecule has 0 fully saturated rings. The summed E-state index contributed by atoms with van der Waals surface area (Å²) < 4.78 is 42.7. The van der Waals surface area contributed by atoms with E-state index in [9.17, 15) is 18.6 Å². The Labute approximate surface area is 178 Å². The maximum absolute atomic E-state index is 14.8. The third-order valence-corrected chi connectivity index (χ3v) is 4.87. The van der Waals surface area contributed by atoms with Crippen molar-refractivity contribution < 1.29 is 32.7 Å². The lowest BCUT2D eigenvalue weighted by molar-refractivity contribution is -0.222. The molecule has 0 aliphatic rings. The maximum atomic E-state index is 14.8. The summed E-state index contributed by atoms with van der Waals surface area (Å²) in [5.41, 5.74) is 0.0211. The van der Waals surface area contributed by atoms with Gasteiger partial charge in [0.25, 0.3) is 7.82 Å². The number of fused-ring (bicyclic) bond motifs is 1. The quantitative estimate of drug-likeness (QED) is 0.498. The van der Waals surface area contributed by atoms with E-state index in [0.717, 1.165) is 6.07 Å². The molecule has 1 unspecified atom stereocenters. The summed E-state index contributed by atoms with van der Waals surface area (Å²) in [5.74, 6) is 0.000240. The van der Waals surface area contributed by atoms with Gasteiger partial charge in [-0.2, -0.15) is 0 Å². The first-order chi connectivity index (χ1) is 14.7. The predicted molar refractivity (Wildman–Crippen MR) is 111 cm³/mol. The van der Waals surface area contributed by atoms with Crippen LogP contribution < -0.4 is 19.8 Å². The smallest absolute Gasteiger partial charge is 0.266 e. The standard InChI is InChI=1S/C21H23FNO7P/c1-3-11-29-18-10-9-17(22)19-20(18)23(13-30-31(25,26)27)12-16(21(19)24)14-5-7-15(8-6-14)28-4-2/h5-10,12H,3-4,11,13H2,1-2H3,(H2,25,26,27)/p-1. The van der Waals surface area contributed by atoms with E-state index in [-0.39, 0.29) is 22.2 Å². The highest BCUT2D eigenvalue weighted by Crippen LogP contribution is 2.34. The lowest BCUT2D eigenvalue weighted by Crippen LogP contribution is -2.16. The minimum atomic E-state index is -5.07. The number of benzene rings is 2. The molecule has 0 bridgehead atoms. The average molecular weight is 450 g/mol. The van der Waals surface area contributed by atoms with Crippen LogP contribution in [0.4, 0.5) is 4.39 Å². The number of phosphoric acid groups is 1. The highest BCUT2D eigenvalue weighted by atomic mass is 31.2. The SMILES string of the molecule is CCCOc1ccc(F)c2c(=O)c(-c3ccc(OCC)cc3)cn(COP(=O)([O-])O)c12. The van der Waals surface area contributed by atoms with Crippen molar-refractivity contribution >= 4 is 18.7 Å². The fraction of sp³-hybridized carbons (Fsp3) is 0.286. The molecule has 0 aliphatic carbocycles. The van der Waals surface area contributed by atoms with Crippen molar-refractivity contribution in [2.24, 2.45) is 0 Å². The molecule has 10 heteroatoms. The normalized spacial score (nSPS) is 13.2. The summed E-state index contributed by atoms with van der Waals surface area (Å²) in [4.78, 5) is 33.4. The Morgan fingerprint density at radius 3 is 2.45 bits per heavy atom. The molecule has 3 aromatic rings. The van der Waals surface area contributed by atoms with Crippen LogP contribution in [0, 0.1) is 5.82 Å². The van der Waals surface area contributed by atoms with Crippen molar-refractivity contribution in [1.29, 1.82) is 0 Å². The van der Waals surface area contributed by atoms with E-state index in [1.807, 2.05) is 13.8 Å². The van der Waals surface area contributed by atoms with Gasteiger partial charge in [-0.15, -0.1) is 0 Å². The molecule has 1 aromatic heterocycles. The number of aromatic nitrogens is 1. The fourth-order valence-electron chi connectivity index (χ4n) is 3.13. The number of ether oxygens (including phenoxy) is 2. The van der Waals surface area contributed by atoms with Crippen LogP contribution in [0.15, 0.2) is 47.4 Å². The lowest BCUT2D eigenvalue weighted by Gasteiger charge is -2.20. The van der Waals surface area contributed by atoms with Crippen LogP contribution in [0.2, 0.25) is 0 Å². The topological polar surface area (TPSA) is 110 Å². The number of rotatable bonds is 9. The van der Waals surface area contributed by atoms with Gasteiger partial charge in [0.05, 0.1) is 24.1 Å². The number of hydrogen-bond donors (Lipinski definition) is 1. The summed E-state index contributed by atoms with van der Waals surface area (Å²) in [6, 6.07) is 9.08. The second-order valence-electron chi connectivity index (χ2n) is 6.64. The first kappa shape index (κ1) is 23.0. The summed E-state index contributed by atoms with van der Waals surface area (Å²) in [7, 11) is -5.07. The zero-order chi connectivity index (χ0) is 22.6. The first-order valence-electron chi connectivity index (χ1n) is 9.65. The third kappa shape index (κ3) is 5.32. The van der Waals surface area contributed by atoms with Crippen molar-refractivity contribution in [3.8, 4) is 22.6 Å². The van der Waals surface area contributed by atoms with Gasteiger partial charge < -0.3 is 23.8 Å². The van der Waals surface area contributed by atoms with Gasteiger partial charge >= 0.3 is 0 Å². The van der Waals surface area contributed by atoms with Gasteiger partial charge in [0.1, 0.15) is 24.0 Å². The fourth-order valence-corrected chi connectivity index (χ4v) is 3.40. The molecular formula is C21H22FNO7P-. The molecule has 0 amide bonds. The monoisotopic (exact) mass is 450 g/mol. The molecule has 166 valence electrons. The highest BCUT2D eigenvalue weighted by Gasteiger charge is 2.19. The van der Waals surface area contributed by atoms with Gasteiger partial charge in [-0.25, -0.2) is 4.39 Å². The summed E-state index contributed by atoms with van der Waals surface area (Å²) in [5, 5.41) is -0.276. The van der Waals surface area contributed by atoms with E-state index in [1.165, 1.54) is 16.8 Å². The summed E-state index contributed by atoms with van der Waals surface area (Å²) >= 11 is 0. The van der Waals surface area contributed by atoms with Crippen molar-refractivity contribution in [3.63, 3.8) is 0 Å². The molecule has 0 saturated heterocycles. The van der Waals surface area contributed by atoms with Crippen molar-refractivity contribution in [1.82, 2.24) is 4.57 Å². The van der Waals surface area contributed by atoms with Crippen molar-refractivity contribution in [3.05, 3.63) is 58.6 Å². The summed E-state index contributed by atoms with van der Waals surface area (Å²) in [6.07, 6.45) is 2.00. The molecule has 0 spiro atoms. The molecule has 1 N–H and O–H groups in total. The van der Waals surface area contributed by atoms with Gasteiger partial charge in [0.15, 0.2) is 5.43 Å². The van der Waals surface area contributed by atoms with E-state index in [1.54, 1.807) is 24.3 Å². The largest absolute Gasteiger partial charge is 0.756 e. The molecule has 1 atom stereocenters. The molecule has 1 heterocycles. The Bertz CT molecular complexity index is 1170. The van der Waals surface area contributed by atoms with Gasteiger partial charge in [-0.1, -0.05) is 19.1 Å². The van der Waals surface area contributed by atoms with Crippen LogP contribution in [0.1, 0.15) is 20.3 Å². The molecule has 0 saturated carbocycles. The summed E-state index contributed by atoms with van der Waals surface area (Å²) in [6.45, 7) is 3.82. The molecule has 2 aromatic carbocycles. The average Bonchev–Trinajstić information content (AvgIpc) is 2.73. The van der Waals surface area contributed by atoms with E-state index in [2.05, 4.69) is 4.52 Å². The minimum Gasteiger partial charge on any atom is -0.756 e. The molecule has 0 radical (unpaired) electrons. The Morgan fingerprint density at radius 2 is 1.84 bits per heavy atom. The molecule has 31 heavy (non-hydrogen) atoms. The van der Waals surface area contributed by atoms with Crippen LogP contribution in [-0.2, 0) is 15.8 Å². The van der Waals surface area contributed by atoms with Crippen LogP contribution in [0.3, 0.4) is 0 Å². The second kappa shape index (κ2) is 9.62. The van der Waals surface area contributed by atoms with Gasteiger partial charge in [0.2, 0.25) is 0 Å². The van der Waals surface area contributed by atoms with E-state index < -0.39 is 25.8 Å². The minimum absolute atomic E-state index is 0.0292. The Balaban J connectivity index is 2.24. The Kier molecular flexibility index (Phi) is 7.12. The molecule has 8 nitrogen and oxygen atoms in total. The second-order valence-corrected chi connectivity index (χ2v) is 7.84. The number of phosphoric ester groups is 1. The maximum Gasteiger partial charge on any atom is 0.266 e. The molecule has 3 rings (SSSR count). The van der Waals surface area contributed by atoms with E-state index in [4.69, 9.17) is 14.4 Å². The predicted octanol–water partition coefficient (Wildman–Crippen LogP) is 3.43. The number of hydrogen-bond acceptors (Lipinski definition) is 6.